The molecule has 1 saturated heterocycles. The van der Waals surface area contributed by atoms with Gasteiger partial charge in [0.15, 0.2) is 0 Å². The Labute approximate surface area is 147 Å². The summed E-state index contributed by atoms with van der Waals surface area (Å²) in [5.41, 5.74) is 0. The van der Waals surface area contributed by atoms with E-state index >= 15 is 0 Å². The molecule has 1 aliphatic heterocycles. The van der Waals surface area contributed by atoms with Gasteiger partial charge in [0.25, 0.3) is 0 Å². The number of hydrogen-bond donors (Lipinski definition) is 1. The normalized spacial score (nSPS) is 16.8. The van der Waals surface area contributed by atoms with E-state index in [0.29, 0.717) is 25.9 Å². The van der Waals surface area contributed by atoms with E-state index in [1.165, 1.54) is 23.3 Å². The van der Waals surface area contributed by atoms with Crippen molar-refractivity contribution in [2.75, 3.05) is 25.9 Å². The zero-order valence-corrected chi connectivity index (χ0v) is 15.4. The van der Waals surface area contributed by atoms with Crippen molar-refractivity contribution >= 4 is 25.8 Å². The second-order valence-electron chi connectivity index (χ2n) is 6.01. The molecule has 140 valence electrons. The highest BCUT2D eigenvalue weighted by molar-refractivity contribution is 7.91. The Bertz CT molecular complexity index is 831. The number of halogens is 1. The Balaban J connectivity index is 1.83. The van der Waals surface area contributed by atoms with Crippen LogP contribution < -0.4 is 4.72 Å². The van der Waals surface area contributed by atoms with Crippen LogP contribution in [-0.2, 0) is 24.7 Å². The first-order chi connectivity index (χ1) is 11.6. The Morgan fingerprint density at radius 2 is 1.88 bits per heavy atom. The summed E-state index contributed by atoms with van der Waals surface area (Å²) in [6.07, 6.45) is 1.92. The third-order valence-electron chi connectivity index (χ3n) is 4.14. The van der Waals surface area contributed by atoms with Crippen LogP contribution in [0.15, 0.2) is 29.2 Å². The number of carbonyl (C=O) groups is 1. The van der Waals surface area contributed by atoms with Crippen LogP contribution in [0.4, 0.5) is 4.39 Å². The Morgan fingerprint density at radius 1 is 1.24 bits per heavy atom. The molecular formula is C15H21FN2O5S2. The fourth-order valence-electron chi connectivity index (χ4n) is 2.70. The molecule has 1 aromatic carbocycles. The van der Waals surface area contributed by atoms with E-state index in [1.807, 2.05) is 0 Å². The van der Waals surface area contributed by atoms with Gasteiger partial charge in [0.1, 0.15) is 15.7 Å². The van der Waals surface area contributed by atoms with E-state index in [-0.39, 0.29) is 23.8 Å². The summed E-state index contributed by atoms with van der Waals surface area (Å²) in [6, 6.07) is 4.60. The number of amides is 1. The first kappa shape index (κ1) is 19.8. The molecule has 0 saturated carbocycles. The molecule has 0 atom stereocenters. The van der Waals surface area contributed by atoms with E-state index in [9.17, 15) is 26.0 Å². The molecule has 7 nitrogen and oxygen atoms in total. The molecule has 1 aliphatic rings. The van der Waals surface area contributed by atoms with E-state index < -0.39 is 30.9 Å². The van der Waals surface area contributed by atoms with E-state index in [1.54, 1.807) is 0 Å². The van der Waals surface area contributed by atoms with Gasteiger partial charge in [0.05, 0.1) is 10.1 Å². The highest BCUT2D eigenvalue weighted by Crippen LogP contribution is 2.17. The molecule has 0 bridgehead atoms. The van der Waals surface area contributed by atoms with Gasteiger partial charge in [-0.05, 0) is 31.0 Å². The molecule has 0 unspecified atom stereocenters. The quantitative estimate of drug-likeness (QED) is 0.761. The molecule has 0 spiro atoms. The lowest BCUT2D eigenvalue weighted by molar-refractivity contribution is -0.131. The van der Waals surface area contributed by atoms with E-state index in [4.69, 9.17) is 0 Å². The maximum absolute atomic E-state index is 13.1. The number of nitrogens with one attached hydrogen (secondary N) is 1. The summed E-state index contributed by atoms with van der Waals surface area (Å²) in [6.45, 7) is 0.574. The van der Waals surface area contributed by atoms with Crippen LogP contribution in [0.5, 0.6) is 0 Å². The van der Waals surface area contributed by atoms with Crippen LogP contribution >= 0.6 is 0 Å². The Hall–Kier alpha value is -1.52. The van der Waals surface area contributed by atoms with Crippen molar-refractivity contribution in [2.45, 2.75) is 29.4 Å². The molecule has 1 heterocycles. The van der Waals surface area contributed by atoms with Crippen LogP contribution in [0.25, 0.3) is 0 Å². The highest BCUT2D eigenvalue weighted by atomic mass is 32.2. The average molecular weight is 392 g/mol. The number of rotatable bonds is 6. The fraction of sp³-hybridized carbons (Fsp3) is 0.533. The third kappa shape index (κ3) is 5.48. The summed E-state index contributed by atoms with van der Waals surface area (Å²) in [4.78, 5) is 13.5. The summed E-state index contributed by atoms with van der Waals surface area (Å²) < 4.78 is 62.4. The smallest absolute Gasteiger partial charge is 0.240 e. The van der Waals surface area contributed by atoms with Crippen LogP contribution in [0.3, 0.4) is 0 Å². The minimum absolute atomic E-state index is 0.0436. The molecule has 10 heteroatoms. The average Bonchev–Trinajstić information content (AvgIpc) is 2.54. The largest absolute Gasteiger partial charge is 0.343 e. The third-order valence-corrected chi connectivity index (χ3v) is 7.28. The molecule has 25 heavy (non-hydrogen) atoms. The van der Waals surface area contributed by atoms with Gasteiger partial charge in [-0.25, -0.2) is 25.9 Å². The predicted octanol–water partition coefficient (Wildman–Crippen LogP) is 0.530. The maximum atomic E-state index is 13.1. The molecule has 0 aromatic heterocycles. The van der Waals surface area contributed by atoms with Crippen LogP contribution in [0.2, 0.25) is 0 Å². The maximum Gasteiger partial charge on any atom is 0.240 e. The predicted molar refractivity (Wildman–Crippen MR) is 90.7 cm³/mol. The van der Waals surface area contributed by atoms with Gasteiger partial charge in [-0.1, -0.05) is 6.07 Å². The first-order valence-corrected chi connectivity index (χ1v) is 11.3. The fourth-order valence-corrected chi connectivity index (χ4v) is 4.83. The highest BCUT2D eigenvalue weighted by Gasteiger charge is 2.28. The molecule has 0 radical (unpaired) electrons. The number of carbonyl (C=O) groups excluding carboxylic acids is 1. The summed E-state index contributed by atoms with van der Waals surface area (Å²) in [5.74, 6) is -0.901. The standard InChI is InChI=1S/C15H21FN2O5S2/c1-24(20,21)13-6-9-18(10-7-13)15(19)5-8-17-25(22,23)14-4-2-3-12(16)11-14/h2-4,11,13,17H,5-10H2,1H3. The van der Waals surface area contributed by atoms with Crippen molar-refractivity contribution < 1.29 is 26.0 Å². The minimum atomic E-state index is -3.88. The van der Waals surface area contributed by atoms with Crippen molar-refractivity contribution in [2.24, 2.45) is 0 Å². The molecule has 1 aromatic rings. The van der Waals surface area contributed by atoms with Gasteiger partial charge in [0, 0.05) is 32.3 Å². The van der Waals surface area contributed by atoms with Crippen LogP contribution in [0, 0.1) is 5.82 Å². The lowest BCUT2D eigenvalue weighted by Crippen LogP contribution is -2.43. The van der Waals surface area contributed by atoms with Gasteiger partial charge < -0.3 is 4.90 Å². The molecule has 1 fully saturated rings. The minimum Gasteiger partial charge on any atom is -0.343 e. The lowest BCUT2D eigenvalue weighted by atomic mass is 10.1. The van der Waals surface area contributed by atoms with Gasteiger partial charge >= 0.3 is 0 Å². The topological polar surface area (TPSA) is 101 Å². The number of sulfone groups is 1. The molecule has 2 rings (SSSR count). The number of sulfonamides is 1. The van der Waals surface area contributed by atoms with Crippen LogP contribution in [0.1, 0.15) is 19.3 Å². The molecule has 1 N–H and O–H groups in total. The van der Waals surface area contributed by atoms with Gasteiger partial charge in [-0.15, -0.1) is 0 Å². The van der Waals surface area contributed by atoms with Crippen molar-refractivity contribution in [3.63, 3.8) is 0 Å². The zero-order chi connectivity index (χ0) is 18.7. The zero-order valence-electron chi connectivity index (χ0n) is 13.8. The monoisotopic (exact) mass is 392 g/mol. The van der Waals surface area contributed by atoms with Gasteiger partial charge in [-0.2, -0.15) is 0 Å². The number of piperidine rings is 1. The lowest BCUT2D eigenvalue weighted by Gasteiger charge is -2.31. The van der Waals surface area contributed by atoms with E-state index in [2.05, 4.69) is 4.72 Å². The van der Waals surface area contributed by atoms with Crippen LogP contribution in [-0.4, -0.2) is 58.8 Å². The van der Waals surface area contributed by atoms with Gasteiger partial charge in [0.2, 0.25) is 15.9 Å². The van der Waals surface area contributed by atoms with Crippen molar-refractivity contribution in [3.8, 4) is 0 Å². The number of likely N-dealkylation sites (tertiary alicyclic amines) is 1. The second-order valence-corrected chi connectivity index (χ2v) is 10.1. The Kier molecular flexibility index (Phi) is 6.17. The summed E-state index contributed by atoms with van der Waals surface area (Å²) >= 11 is 0. The first-order valence-electron chi connectivity index (χ1n) is 7.81. The summed E-state index contributed by atoms with van der Waals surface area (Å²) in [5, 5.41) is -0.428. The van der Waals surface area contributed by atoms with E-state index in [0.717, 1.165) is 12.1 Å². The SMILES string of the molecule is CS(=O)(=O)C1CCN(C(=O)CCNS(=O)(=O)c2cccc(F)c2)CC1. The van der Waals surface area contributed by atoms with Gasteiger partial charge in [-0.3, -0.25) is 4.79 Å². The molecular weight excluding hydrogens is 371 g/mol. The molecule has 1 amide bonds. The van der Waals surface area contributed by atoms with Crippen molar-refractivity contribution in [3.05, 3.63) is 30.1 Å². The Morgan fingerprint density at radius 3 is 2.44 bits per heavy atom. The number of hydrogen-bond acceptors (Lipinski definition) is 5. The van der Waals surface area contributed by atoms with Crippen molar-refractivity contribution in [1.82, 2.24) is 9.62 Å². The molecule has 0 aliphatic carbocycles. The number of benzene rings is 1. The summed E-state index contributed by atoms with van der Waals surface area (Å²) in [7, 11) is -6.98. The number of nitrogens with zero attached hydrogens (tertiary/aromatic N) is 1. The second kappa shape index (κ2) is 7.79. The van der Waals surface area contributed by atoms with Crippen molar-refractivity contribution in [1.29, 1.82) is 0 Å².